The highest BCUT2D eigenvalue weighted by Gasteiger charge is 2.52. The first-order valence-electron chi connectivity index (χ1n) is 12.4. The molecule has 0 aliphatic carbocycles. The molecule has 0 heterocycles. The van der Waals surface area contributed by atoms with Gasteiger partial charge < -0.3 is 53.6 Å². The summed E-state index contributed by atoms with van der Waals surface area (Å²) in [5.41, 5.74) is 0. The van der Waals surface area contributed by atoms with Crippen molar-refractivity contribution in [2.75, 3.05) is 99.1 Å². The molecule has 4 N–H and O–H groups in total. The van der Waals surface area contributed by atoms with Crippen molar-refractivity contribution in [3.63, 3.8) is 0 Å². The van der Waals surface area contributed by atoms with Gasteiger partial charge in [0.05, 0.1) is 79.3 Å². The van der Waals surface area contributed by atoms with Gasteiger partial charge in [-0.15, -0.1) is 15.2 Å². The molecule has 0 aliphatic heterocycles. The van der Waals surface area contributed by atoms with Crippen LogP contribution in [0.5, 0.6) is 0 Å². The Balaban J connectivity index is 4.03. The van der Waals surface area contributed by atoms with E-state index >= 15 is 0 Å². The molecule has 0 fully saturated rings. The molecule has 250 valence electrons. The van der Waals surface area contributed by atoms with E-state index in [1.165, 1.54) is 0 Å². The molecule has 0 aromatic carbocycles. The lowest BCUT2D eigenvalue weighted by Gasteiger charge is -2.26. The summed E-state index contributed by atoms with van der Waals surface area (Å²) in [5.74, 6) is 2.27. The third kappa shape index (κ3) is 25.1. The zero-order valence-electron chi connectivity index (χ0n) is 22.6. The lowest BCUT2D eigenvalue weighted by atomic mass is 10.4. The lowest BCUT2D eigenvalue weighted by Crippen LogP contribution is -2.44. The van der Waals surface area contributed by atoms with Crippen molar-refractivity contribution in [3.05, 3.63) is 0 Å². The molecule has 0 saturated carbocycles. The number of aliphatic hydroxyl groups is 4. The first-order chi connectivity index (χ1) is 19.7. The van der Waals surface area contributed by atoms with Gasteiger partial charge in [0, 0.05) is 0 Å². The van der Waals surface area contributed by atoms with E-state index in [1.54, 1.807) is 0 Å². The summed E-state index contributed by atoms with van der Waals surface area (Å²) < 4.78 is 121. The second-order valence-corrected chi connectivity index (χ2v) is 8.21. The molecular formula is C23H38F6O13. The van der Waals surface area contributed by atoms with Crippen LogP contribution in [-0.4, -0.2) is 156 Å². The Morgan fingerprint density at radius 1 is 0.548 bits per heavy atom. The van der Waals surface area contributed by atoms with Crippen LogP contribution in [0.4, 0.5) is 26.3 Å². The van der Waals surface area contributed by atoms with Gasteiger partial charge in [-0.25, -0.2) is 9.47 Å². The van der Waals surface area contributed by atoms with Crippen molar-refractivity contribution in [1.29, 1.82) is 0 Å². The summed E-state index contributed by atoms with van der Waals surface area (Å²) in [7, 11) is 0. The molecule has 13 nitrogen and oxygen atoms in total. The predicted octanol–water partition coefficient (Wildman–Crippen LogP) is -0.420. The largest absolute Gasteiger partial charge is 0.495 e. The Kier molecular flexibility index (Phi) is 22.3. The van der Waals surface area contributed by atoms with E-state index in [0.717, 1.165) is 0 Å². The Morgan fingerprint density at radius 3 is 1.40 bits per heavy atom. The number of alkyl halides is 6. The van der Waals surface area contributed by atoms with Gasteiger partial charge in [0.2, 0.25) is 0 Å². The fourth-order valence-corrected chi connectivity index (χ4v) is 2.51. The van der Waals surface area contributed by atoms with E-state index < -0.39 is 69.9 Å². The van der Waals surface area contributed by atoms with Gasteiger partial charge in [-0.3, -0.25) is 0 Å². The van der Waals surface area contributed by atoms with Gasteiger partial charge in [-0.1, -0.05) is 5.92 Å². The van der Waals surface area contributed by atoms with Crippen LogP contribution in [0.3, 0.4) is 0 Å². The van der Waals surface area contributed by atoms with Gasteiger partial charge in [0.1, 0.15) is 38.1 Å². The summed E-state index contributed by atoms with van der Waals surface area (Å²) in [4.78, 5) is 0. The van der Waals surface area contributed by atoms with Crippen molar-refractivity contribution in [2.24, 2.45) is 0 Å². The van der Waals surface area contributed by atoms with E-state index in [1.807, 2.05) is 0 Å². The fraction of sp³-hybridized carbons (Fsp3) is 0.913. The van der Waals surface area contributed by atoms with Gasteiger partial charge in [-0.05, 0) is 0 Å². The summed E-state index contributed by atoms with van der Waals surface area (Å²) in [6.07, 6.45) is -13.6. The van der Waals surface area contributed by atoms with Crippen molar-refractivity contribution in [3.8, 4) is 12.3 Å². The van der Waals surface area contributed by atoms with E-state index in [-0.39, 0.29) is 66.1 Å². The Morgan fingerprint density at radius 2 is 0.929 bits per heavy atom. The molecule has 0 saturated heterocycles. The summed E-state index contributed by atoms with van der Waals surface area (Å²) in [5, 5.41) is 37.3. The molecule has 3 unspecified atom stereocenters. The number of rotatable bonds is 29. The first-order valence-corrected chi connectivity index (χ1v) is 12.4. The standard InChI is InChI=1S/C23H38F6O13/c1-2-4-34-6-7-36-11-18(31)13-39-14-19(32)12-37-8-9-38-16-21(24,25)41-23(28,29)42-22(26,27)17-40-15-20(33)10-35-5-3-30/h1,18-20,30-33H,3-17H2. The van der Waals surface area contributed by atoms with Crippen molar-refractivity contribution in [2.45, 2.75) is 36.8 Å². The highest BCUT2D eigenvalue weighted by Crippen LogP contribution is 2.33. The smallest absolute Gasteiger partial charge is 0.394 e. The van der Waals surface area contributed by atoms with Gasteiger partial charge in [-0.2, -0.15) is 17.6 Å². The van der Waals surface area contributed by atoms with E-state index in [4.69, 9.17) is 35.2 Å². The summed E-state index contributed by atoms with van der Waals surface area (Å²) in [6.45, 7) is -6.50. The fourth-order valence-electron chi connectivity index (χ4n) is 2.51. The van der Waals surface area contributed by atoms with Crippen LogP contribution in [0.25, 0.3) is 0 Å². The minimum absolute atomic E-state index is 0.0545. The summed E-state index contributed by atoms with van der Waals surface area (Å²) >= 11 is 0. The number of hydrogen-bond donors (Lipinski definition) is 4. The molecule has 0 amide bonds. The second kappa shape index (κ2) is 23.1. The van der Waals surface area contributed by atoms with Crippen LogP contribution in [0.2, 0.25) is 0 Å². The quantitative estimate of drug-likeness (QED) is 0.0363. The van der Waals surface area contributed by atoms with Crippen LogP contribution in [0, 0.1) is 12.3 Å². The number of hydrogen-bond acceptors (Lipinski definition) is 13. The zero-order chi connectivity index (χ0) is 31.9. The molecule has 0 bridgehead atoms. The summed E-state index contributed by atoms with van der Waals surface area (Å²) in [6, 6.07) is 0. The molecule has 0 radical (unpaired) electrons. The van der Waals surface area contributed by atoms with Gasteiger partial charge in [0.25, 0.3) is 0 Å². The lowest BCUT2D eigenvalue weighted by molar-refractivity contribution is -0.518. The van der Waals surface area contributed by atoms with Crippen molar-refractivity contribution < 1.29 is 89.4 Å². The maximum absolute atomic E-state index is 13.6. The number of terminal acetylenes is 1. The highest BCUT2D eigenvalue weighted by molar-refractivity contribution is 4.82. The molecule has 42 heavy (non-hydrogen) atoms. The normalized spacial score (nSPS) is 15.0. The average Bonchev–Trinajstić information content (AvgIpc) is 2.86. The molecule has 3 atom stereocenters. The maximum atomic E-state index is 13.6. The first kappa shape index (κ1) is 40.6. The van der Waals surface area contributed by atoms with Crippen molar-refractivity contribution >= 4 is 0 Å². The molecule has 0 rings (SSSR count). The third-order valence-corrected chi connectivity index (χ3v) is 4.10. The second-order valence-electron chi connectivity index (χ2n) is 8.21. The van der Waals surface area contributed by atoms with E-state index in [0.29, 0.717) is 0 Å². The Labute approximate surface area is 238 Å². The molecule has 0 aromatic rings. The number of ether oxygens (including phenoxy) is 9. The zero-order valence-corrected chi connectivity index (χ0v) is 22.6. The Hall–Kier alpha value is -1.38. The highest BCUT2D eigenvalue weighted by atomic mass is 19.3. The van der Waals surface area contributed by atoms with E-state index in [2.05, 4.69) is 24.9 Å². The van der Waals surface area contributed by atoms with Crippen molar-refractivity contribution in [1.82, 2.24) is 0 Å². The molecule has 0 aliphatic rings. The number of halogens is 6. The minimum Gasteiger partial charge on any atom is -0.394 e. The molecule has 0 aromatic heterocycles. The average molecular weight is 637 g/mol. The maximum Gasteiger partial charge on any atom is 0.495 e. The predicted molar refractivity (Wildman–Crippen MR) is 127 cm³/mol. The SMILES string of the molecule is C#CCOCCOCC(O)COCC(O)COCCOCC(F)(F)OC(F)(F)OC(F)(F)COCC(O)COCCO. The van der Waals surface area contributed by atoms with Crippen LogP contribution in [0.15, 0.2) is 0 Å². The molecule has 19 heteroatoms. The number of aliphatic hydroxyl groups excluding tert-OH is 4. The monoisotopic (exact) mass is 636 g/mol. The Bertz CT molecular complexity index is 702. The van der Waals surface area contributed by atoms with Crippen LogP contribution in [0.1, 0.15) is 0 Å². The van der Waals surface area contributed by atoms with Gasteiger partial charge >= 0.3 is 18.5 Å². The van der Waals surface area contributed by atoms with Gasteiger partial charge in [0.15, 0.2) is 0 Å². The third-order valence-electron chi connectivity index (χ3n) is 4.10. The molecular weight excluding hydrogens is 598 g/mol. The molecule has 0 spiro atoms. The van der Waals surface area contributed by atoms with Crippen LogP contribution >= 0.6 is 0 Å². The van der Waals surface area contributed by atoms with Crippen LogP contribution in [-0.2, 0) is 42.6 Å². The van der Waals surface area contributed by atoms with Crippen LogP contribution < -0.4 is 0 Å². The topological polar surface area (TPSA) is 164 Å². The van der Waals surface area contributed by atoms with E-state index in [9.17, 15) is 41.7 Å². The minimum atomic E-state index is -5.46.